The molecule has 146 valence electrons. The van der Waals surface area contributed by atoms with Gasteiger partial charge in [0.2, 0.25) is 0 Å². The number of anilines is 1. The Bertz CT molecular complexity index is 779. The van der Waals surface area contributed by atoms with Crippen molar-refractivity contribution in [2.75, 3.05) is 25.6 Å². The zero-order chi connectivity index (χ0) is 19.2. The molecule has 1 N–H and O–H groups in total. The summed E-state index contributed by atoms with van der Waals surface area (Å²) in [6.45, 7) is 5.77. The summed E-state index contributed by atoms with van der Waals surface area (Å²) in [6.07, 6.45) is 6.60. The van der Waals surface area contributed by atoms with Crippen LogP contribution in [0.2, 0.25) is 0 Å². The van der Waals surface area contributed by atoms with E-state index in [1.165, 1.54) is 24.8 Å². The first-order valence-electron chi connectivity index (χ1n) is 10.4. The fraction of sp³-hybridized carbons (Fsp3) is 0.565. The van der Waals surface area contributed by atoms with Crippen LogP contribution in [0.3, 0.4) is 0 Å². The number of hydrogen-bond acceptors (Lipinski definition) is 4. The minimum absolute atomic E-state index is 0.193. The number of aryl methyl sites for hydroxylation is 1. The molecule has 1 aliphatic carbocycles. The van der Waals surface area contributed by atoms with Gasteiger partial charge in [0.25, 0.3) is 0 Å². The summed E-state index contributed by atoms with van der Waals surface area (Å²) in [5.41, 5.74) is 2.94. The number of carbonyl (C=O) groups excluding carboxylic acids is 1. The van der Waals surface area contributed by atoms with E-state index in [0.717, 1.165) is 54.0 Å². The van der Waals surface area contributed by atoms with Gasteiger partial charge in [-0.3, -0.25) is 4.79 Å². The lowest BCUT2D eigenvalue weighted by atomic mass is 9.77. The molecular formula is C23H32N2O2. The smallest absolute Gasteiger partial charge is 0.165 e. The average molecular weight is 369 g/mol. The van der Waals surface area contributed by atoms with Gasteiger partial charge in [-0.15, -0.1) is 0 Å². The van der Waals surface area contributed by atoms with E-state index in [1.54, 1.807) is 7.11 Å². The van der Waals surface area contributed by atoms with Crippen molar-refractivity contribution >= 4 is 22.5 Å². The van der Waals surface area contributed by atoms with Crippen LogP contribution >= 0.6 is 0 Å². The third kappa shape index (κ3) is 4.67. The maximum atomic E-state index is 13.0. The van der Waals surface area contributed by atoms with Gasteiger partial charge >= 0.3 is 0 Å². The molecule has 27 heavy (non-hydrogen) atoms. The van der Waals surface area contributed by atoms with Gasteiger partial charge in [0, 0.05) is 30.5 Å². The Labute approximate surface area is 162 Å². The topological polar surface area (TPSA) is 51.2 Å². The molecule has 1 saturated carbocycles. The minimum Gasteiger partial charge on any atom is -0.383 e. The Hall–Kier alpha value is -1.94. The maximum absolute atomic E-state index is 13.0. The number of methoxy groups -OCH3 is 1. The number of Topliss-reactive ketones (excluding diaryl/α,β-unsaturated/α-hetero) is 1. The summed E-state index contributed by atoms with van der Waals surface area (Å²) in [4.78, 5) is 17.8. The Morgan fingerprint density at radius 2 is 1.96 bits per heavy atom. The summed E-state index contributed by atoms with van der Waals surface area (Å²) in [6, 6.07) is 8.15. The lowest BCUT2D eigenvalue weighted by Crippen LogP contribution is -2.21. The predicted molar refractivity (Wildman–Crippen MR) is 112 cm³/mol. The van der Waals surface area contributed by atoms with Gasteiger partial charge < -0.3 is 10.1 Å². The molecule has 0 aliphatic heterocycles. The van der Waals surface area contributed by atoms with E-state index in [0.29, 0.717) is 12.4 Å². The van der Waals surface area contributed by atoms with Crippen LogP contribution in [0, 0.1) is 11.8 Å². The molecule has 3 rings (SSSR count). The number of pyridine rings is 1. The zero-order valence-corrected chi connectivity index (χ0v) is 16.9. The number of ketones is 1. The van der Waals surface area contributed by atoms with E-state index in [2.05, 4.69) is 25.2 Å². The van der Waals surface area contributed by atoms with Crippen molar-refractivity contribution < 1.29 is 9.53 Å². The van der Waals surface area contributed by atoms with Gasteiger partial charge in [0.15, 0.2) is 5.78 Å². The number of nitrogens with one attached hydrogen (secondary N) is 1. The highest BCUT2D eigenvalue weighted by Crippen LogP contribution is 2.33. The number of hydrogen-bond donors (Lipinski definition) is 1. The molecule has 1 fully saturated rings. The van der Waals surface area contributed by atoms with Crippen LogP contribution < -0.4 is 5.32 Å². The largest absolute Gasteiger partial charge is 0.383 e. The molecule has 0 atom stereocenters. The second-order valence-electron chi connectivity index (χ2n) is 7.67. The Morgan fingerprint density at radius 1 is 1.19 bits per heavy atom. The molecule has 0 saturated heterocycles. The number of carbonyl (C=O) groups is 1. The van der Waals surface area contributed by atoms with Gasteiger partial charge in [-0.2, -0.15) is 0 Å². The fourth-order valence-corrected chi connectivity index (χ4v) is 4.14. The van der Waals surface area contributed by atoms with Crippen LogP contribution in [0.1, 0.15) is 61.9 Å². The van der Waals surface area contributed by atoms with E-state index < -0.39 is 0 Å². The van der Waals surface area contributed by atoms with Gasteiger partial charge in [-0.1, -0.05) is 20.3 Å². The molecule has 1 aromatic carbocycles. The van der Waals surface area contributed by atoms with Crippen molar-refractivity contribution in [1.29, 1.82) is 0 Å². The number of fused-ring (bicyclic) bond motifs is 1. The van der Waals surface area contributed by atoms with Crippen molar-refractivity contribution in [2.45, 2.75) is 52.4 Å². The molecule has 0 amide bonds. The molecule has 2 aromatic rings. The van der Waals surface area contributed by atoms with Crippen LogP contribution in [0.5, 0.6) is 0 Å². The quantitative estimate of drug-likeness (QED) is 0.510. The van der Waals surface area contributed by atoms with E-state index >= 15 is 0 Å². The van der Waals surface area contributed by atoms with E-state index in [1.807, 2.05) is 18.2 Å². The van der Waals surface area contributed by atoms with Crippen LogP contribution in [-0.2, 0) is 11.2 Å². The molecule has 0 bridgehead atoms. The summed E-state index contributed by atoms with van der Waals surface area (Å²) in [5, 5.41) is 4.41. The molecule has 0 spiro atoms. The first kappa shape index (κ1) is 19.8. The van der Waals surface area contributed by atoms with Crippen LogP contribution in [-0.4, -0.2) is 31.0 Å². The van der Waals surface area contributed by atoms with Crippen LogP contribution in [0.4, 0.5) is 5.82 Å². The lowest BCUT2D eigenvalue weighted by Gasteiger charge is -2.26. The fourth-order valence-electron chi connectivity index (χ4n) is 4.14. The lowest BCUT2D eigenvalue weighted by molar-refractivity contribution is 0.0871. The minimum atomic E-state index is 0.193. The Kier molecular flexibility index (Phi) is 6.84. The molecule has 1 aliphatic rings. The summed E-state index contributed by atoms with van der Waals surface area (Å²) < 4.78 is 5.11. The second kappa shape index (κ2) is 9.32. The van der Waals surface area contributed by atoms with Gasteiger partial charge in [-0.05, 0) is 67.9 Å². The standard InChI is InChI=1S/C23H32N2O2/c1-4-16-6-8-18(9-7-16)22(26)19-10-11-21-20(15-19)14-17(5-2)23(25-21)24-12-13-27-3/h10-11,14-16,18H,4-9,12-13H2,1-3H3,(H,24,25). The third-order valence-electron chi connectivity index (χ3n) is 5.95. The SMILES string of the molecule is CCc1cc2cc(C(=O)C3CCC(CC)CC3)ccc2nc1NCCOC. The number of nitrogens with zero attached hydrogens (tertiary/aromatic N) is 1. The van der Waals surface area contributed by atoms with Crippen molar-refractivity contribution in [2.24, 2.45) is 11.8 Å². The van der Waals surface area contributed by atoms with Crippen molar-refractivity contribution in [3.63, 3.8) is 0 Å². The third-order valence-corrected chi connectivity index (χ3v) is 5.95. The van der Waals surface area contributed by atoms with E-state index in [9.17, 15) is 4.79 Å². The zero-order valence-electron chi connectivity index (χ0n) is 16.9. The molecule has 1 heterocycles. The van der Waals surface area contributed by atoms with Gasteiger partial charge in [-0.25, -0.2) is 4.98 Å². The van der Waals surface area contributed by atoms with E-state index in [4.69, 9.17) is 9.72 Å². The Morgan fingerprint density at radius 3 is 2.63 bits per heavy atom. The van der Waals surface area contributed by atoms with Crippen LogP contribution in [0.15, 0.2) is 24.3 Å². The highest BCUT2D eigenvalue weighted by Gasteiger charge is 2.26. The number of benzene rings is 1. The molecule has 1 aromatic heterocycles. The maximum Gasteiger partial charge on any atom is 0.165 e. The summed E-state index contributed by atoms with van der Waals surface area (Å²) in [7, 11) is 1.70. The number of ether oxygens (including phenoxy) is 1. The molecule has 4 heteroatoms. The molecule has 4 nitrogen and oxygen atoms in total. The Balaban J connectivity index is 1.80. The van der Waals surface area contributed by atoms with Crippen molar-refractivity contribution in [3.05, 3.63) is 35.4 Å². The monoisotopic (exact) mass is 368 g/mol. The molecular weight excluding hydrogens is 336 g/mol. The normalized spacial score (nSPS) is 20.0. The van der Waals surface area contributed by atoms with Gasteiger partial charge in [0.1, 0.15) is 5.82 Å². The average Bonchev–Trinajstić information content (AvgIpc) is 2.72. The molecule has 0 unspecified atom stereocenters. The molecule has 0 radical (unpaired) electrons. The first-order valence-corrected chi connectivity index (χ1v) is 10.4. The van der Waals surface area contributed by atoms with Gasteiger partial charge in [0.05, 0.1) is 12.1 Å². The van der Waals surface area contributed by atoms with E-state index in [-0.39, 0.29) is 5.92 Å². The highest BCUT2D eigenvalue weighted by atomic mass is 16.5. The summed E-state index contributed by atoms with van der Waals surface area (Å²) >= 11 is 0. The second-order valence-corrected chi connectivity index (χ2v) is 7.67. The highest BCUT2D eigenvalue weighted by molar-refractivity contribution is 6.01. The summed E-state index contributed by atoms with van der Waals surface area (Å²) in [5.74, 6) is 2.23. The number of rotatable bonds is 8. The van der Waals surface area contributed by atoms with Crippen LogP contribution in [0.25, 0.3) is 10.9 Å². The predicted octanol–water partition coefficient (Wildman–Crippen LogP) is 5.25. The van der Waals surface area contributed by atoms with Crippen molar-refractivity contribution in [1.82, 2.24) is 4.98 Å². The van der Waals surface area contributed by atoms with Crippen molar-refractivity contribution in [3.8, 4) is 0 Å². The first-order chi connectivity index (χ1) is 13.2. The number of aromatic nitrogens is 1.